The van der Waals surface area contributed by atoms with Crippen molar-refractivity contribution in [2.24, 2.45) is 9.98 Å². The van der Waals surface area contributed by atoms with Gasteiger partial charge in [-0.15, -0.1) is 0 Å². The Morgan fingerprint density at radius 3 is 1.81 bits per heavy atom. The van der Waals surface area contributed by atoms with Crippen LogP contribution in [-0.4, -0.2) is 11.4 Å². The van der Waals surface area contributed by atoms with E-state index in [2.05, 4.69) is 44.1 Å². The van der Waals surface area contributed by atoms with Gasteiger partial charge in [0.25, 0.3) is 0 Å². The SMILES string of the molecule is C=C(C)C(C)=Nc1cc(CC)c(N=C(C)C(=C)C)cc1C. The van der Waals surface area contributed by atoms with Gasteiger partial charge in [0.1, 0.15) is 0 Å². The van der Waals surface area contributed by atoms with E-state index in [1.165, 1.54) is 5.56 Å². The van der Waals surface area contributed by atoms with Gasteiger partial charge in [-0.1, -0.05) is 20.1 Å². The van der Waals surface area contributed by atoms with Crippen LogP contribution in [0.4, 0.5) is 11.4 Å². The number of hydrogen-bond acceptors (Lipinski definition) is 2. The number of benzene rings is 1. The van der Waals surface area contributed by atoms with Crippen molar-refractivity contribution in [3.63, 3.8) is 0 Å². The maximum atomic E-state index is 4.70. The van der Waals surface area contributed by atoms with E-state index in [0.717, 1.165) is 45.9 Å². The summed E-state index contributed by atoms with van der Waals surface area (Å²) in [5.41, 5.74) is 8.27. The molecule has 0 amide bonds. The first-order chi connectivity index (χ1) is 9.76. The van der Waals surface area contributed by atoms with Gasteiger partial charge in [-0.05, 0) is 75.4 Å². The molecule has 0 radical (unpaired) electrons. The molecule has 0 aromatic heterocycles. The van der Waals surface area contributed by atoms with Crippen LogP contribution in [0, 0.1) is 6.92 Å². The van der Waals surface area contributed by atoms with Crippen LogP contribution in [0.3, 0.4) is 0 Å². The number of hydrogen-bond donors (Lipinski definition) is 0. The first-order valence-electron chi connectivity index (χ1n) is 7.32. The van der Waals surface area contributed by atoms with Gasteiger partial charge in [-0.25, -0.2) is 0 Å². The van der Waals surface area contributed by atoms with Crippen LogP contribution in [0.2, 0.25) is 0 Å². The second kappa shape index (κ2) is 7.16. The number of allylic oxidation sites excluding steroid dienone is 2. The maximum absolute atomic E-state index is 4.70. The van der Waals surface area contributed by atoms with Crippen molar-refractivity contribution in [3.05, 3.63) is 47.6 Å². The fraction of sp³-hybridized carbons (Fsp3) is 0.368. The summed E-state index contributed by atoms with van der Waals surface area (Å²) in [6.45, 7) is 20.0. The summed E-state index contributed by atoms with van der Waals surface area (Å²) in [6, 6.07) is 4.24. The minimum atomic E-state index is 0.928. The predicted molar refractivity (Wildman–Crippen MR) is 95.7 cm³/mol. The number of rotatable bonds is 5. The van der Waals surface area contributed by atoms with Crippen molar-refractivity contribution in [1.29, 1.82) is 0 Å². The zero-order valence-corrected chi connectivity index (χ0v) is 14.2. The molecule has 2 heteroatoms. The van der Waals surface area contributed by atoms with Crippen molar-refractivity contribution >= 4 is 22.8 Å². The van der Waals surface area contributed by atoms with E-state index >= 15 is 0 Å². The van der Waals surface area contributed by atoms with E-state index in [-0.39, 0.29) is 0 Å². The molecule has 1 rings (SSSR count). The Bertz CT molecular complexity index is 631. The van der Waals surface area contributed by atoms with E-state index in [1.54, 1.807) is 0 Å². The molecule has 0 saturated carbocycles. The van der Waals surface area contributed by atoms with E-state index in [0.29, 0.717) is 0 Å². The summed E-state index contributed by atoms with van der Waals surface area (Å²) in [4.78, 5) is 9.37. The Kier molecular flexibility index (Phi) is 5.83. The minimum absolute atomic E-state index is 0.928. The van der Waals surface area contributed by atoms with Gasteiger partial charge in [0.2, 0.25) is 0 Å². The second-order valence-corrected chi connectivity index (χ2v) is 5.58. The Hall–Kier alpha value is -1.96. The lowest BCUT2D eigenvalue weighted by molar-refractivity contribution is 1.12. The highest BCUT2D eigenvalue weighted by Crippen LogP contribution is 2.30. The van der Waals surface area contributed by atoms with Gasteiger partial charge < -0.3 is 0 Å². The van der Waals surface area contributed by atoms with Crippen LogP contribution in [0.25, 0.3) is 0 Å². The molecule has 0 aliphatic rings. The average molecular weight is 282 g/mol. The lowest BCUT2D eigenvalue weighted by atomic mass is 10.0. The first kappa shape index (κ1) is 17.1. The van der Waals surface area contributed by atoms with Gasteiger partial charge >= 0.3 is 0 Å². The predicted octanol–water partition coefficient (Wildman–Crippen LogP) is 5.89. The van der Waals surface area contributed by atoms with Crippen LogP contribution < -0.4 is 0 Å². The third kappa shape index (κ3) is 4.52. The van der Waals surface area contributed by atoms with Crippen LogP contribution in [0.1, 0.15) is 45.7 Å². The molecule has 0 spiro atoms. The van der Waals surface area contributed by atoms with Crippen LogP contribution in [0.5, 0.6) is 0 Å². The summed E-state index contributed by atoms with van der Waals surface area (Å²) in [5.74, 6) is 0. The van der Waals surface area contributed by atoms with Crippen LogP contribution in [-0.2, 0) is 6.42 Å². The van der Waals surface area contributed by atoms with Gasteiger partial charge in [-0.2, -0.15) is 0 Å². The summed E-state index contributed by atoms with van der Waals surface area (Å²) in [7, 11) is 0. The van der Waals surface area contributed by atoms with E-state index in [9.17, 15) is 0 Å². The smallest absolute Gasteiger partial charge is 0.0668 e. The van der Waals surface area contributed by atoms with E-state index in [1.807, 2.05) is 27.7 Å². The lowest BCUT2D eigenvalue weighted by Crippen LogP contribution is -1.94. The molecular formula is C19H26N2. The number of aliphatic imine (C=N–C) groups is 2. The lowest BCUT2D eigenvalue weighted by Gasteiger charge is -2.10. The molecule has 1 aromatic carbocycles. The highest BCUT2D eigenvalue weighted by molar-refractivity contribution is 6.00. The monoisotopic (exact) mass is 282 g/mol. The molecule has 0 fully saturated rings. The largest absolute Gasteiger partial charge is 0.253 e. The molecule has 0 aliphatic carbocycles. The van der Waals surface area contributed by atoms with Crippen molar-refractivity contribution in [1.82, 2.24) is 0 Å². The molecule has 2 nitrogen and oxygen atoms in total. The van der Waals surface area contributed by atoms with Crippen molar-refractivity contribution in [3.8, 4) is 0 Å². The molecule has 0 aliphatic heterocycles. The third-order valence-electron chi connectivity index (χ3n) is 3.59. The molecular weight excluding hydrogens is 256 g/mol. The average Bonchev–Trinajstić information content (AvgIpc) is 2.41. The van der Waals surface area contributed by atoms with Crippen LogP contribution in [0.15, 0.2) is 46.4 Å². The zero-order valence-electron chi connectivity index (χ0n) is 14.2. The molecule has 0 bridgehead atoms. The van der Waals surface area contributed by atoms with E-state index < -0.39 is 0 Å². The summed E-state index contributed by atoms with van der Waals surface area (Å²) < 4.78 is 0. The first-order valence-corrected chi connectivity index (χ1v) is 7.32. The highest BCUT2D eigenvalue weighted by Gasteiger charge is 2.07. The summed E-state index contributed by atoms with van der Waals surface area (Å²) in [6.07, 6.45) is 0.928. The Labute approximate surface area is 129 Å². The standard InChI is InChI=1S/C19H26N2/c1-9-17-11-18(20-15(7)12(2)3)14(6)10-19(17)21-16(8)13(4)5/h10-11H,2,4,9H2,1,3,5-8H3. The molecule has 0 heterocycles. The number of aryl methyl sites for hydroxylation is 2. The zero-order chi connectivity index (χ0) is 16.2. The van der Waals surface area contributed by atoms with Gasteiger partial charge in [0.05, 0.1) is 11.4 Å². The van der Waals surface area contributed by atoms with E-state index in [4.69, 9.17) is 4.99 Å². The summed E-state index contributed by atoms with van der Waals surface area (Å²) in [5, 5.41) is 0. The van der Waals surface area contributed by atoms with Crippen molar-refractivity contribution in [2.45, 2.75) is 48.0 Å². The van der Waals surface area contributed by atoms with Crippen molar-refractivity contribution in [2.75, 3.05) is 0 Å². The second-order valence-electron chi connectivity index (χ2n) is 5.58. The van der Waals surface area contributed by atoms with Gasteiger partial charge in [-0.3, -0.25) is 9.98 Å². The third-order valence-corrected chi connectivity index (χ3v) is 3.59. The fourth-order valence-electron chi connectivity index (χ4n) is 1.78. The Balaban J connectivity index is 3.38. The molecule has 112 valence electrons. The molecule has 0 atom stereocenters. The van der Waals surface area contributed by atoms with Gasteiger partial charge in [0.15, 0.2) is 0 Å². The van der Waals surface area contributed by atoms with Gasteiger partial charge in [0, 0.05) is 11.4 Å². The normalized spacial score (nSPS) is 12.5. The van der Waals surface area contributed by atoms with Crippen LogP contribution >= 0.6 is 0 Å². The molecule has 21 heavy (non-hydrogen) atoms. The molecule has 0 N–H and O–H groups in total. The molecule has 1 aromatic rings. The quantitative estimate of drug-likeness (QED) is 0.601. The summed E-state index contributed by atoms with van der Waals surface area (Å²) >= 11 is 0. The maximum Gasteiger partial charge on any atom is 0.0668 e. The Morgan fingerprint density at radius 1 is 0.905 bits per heavy atom. The topological polar surface area (TPSA) is 24.7 Å². The minimum Gasteiger partial charge on any atom is -0.253 e. The molecule has 0 saturated heterocycles. The fourth-order valence-corrected chi connectivity index (χ4v) is 1.78. The molecule has 0 unspecified atom stereocenters. The highest BCUT2D eigenvalue weighted by atomic mass is 14.8. The van der Waals surface area contributed by atoms with Crippen molar-refractivity contribution < 1.29 is 0 Å². The Morgan fingerprint density at radius 2 is 1.38 bits per heavy atom. The number of nitrogens with zero attached hydrogens (tertiary/aromatic N) is 2.